The van der Waals surface area contributed by atoms with Gasteiger partial charge in [-0.15, -0.1) is 5.10 Å². The first-order chi connectivity index (χ1) is 12.8. The number of nitrogens with zero attached hydrogens (tertiary/aromatic N) is 9. The lowest BCUT2D eigenvalue weighted by atomic mass is 10.2. The van der Waals surface area contributed by atoms with Gasteiger partial charge in [0.25, 0.3) is 0 Å². The van der Waals surface area contributed by atoms with Crippen LogP contribution < -0.4 is 0 Å². The van der Waals surface area contributed by atoms with Crippen molar-refractivity contribution in [2.24, 2.45) is 7.05 Å². The van der Waals surface area contributed by atoms with Crippen LogP contribution >= 0.6 is 0 Å². The molecule has 0 amide bonds. The molecular formula is C17H15N9. The summed E-state index contributed by atoms with van der Waals surface area (Å²) in [5.41, 5.74) is 2.92. The van der Waals surface area contributed by atoms with E-state index in [4.69, 9.17) is 4.98 Å². The van der Waals surface area contributed by atoms with Crippen molar-refractivity contribution < 1.29 is 0 Å². The van der Waals surface area contributed by atoms with Crippen molar-refractivity contribution in [3.05, 3.63) is 67.3 Å². The number of pyridine rings is 1. The monoisotopic (exact) mass is 345 g/mol. The highest BCUT2D eigenvalue weighted by molar-refractivity contribution is 5.77. The third-order valence-electron chi connectivity index (χ3n) is 4.14. The molecule has 5 rings (SSSR count). The first-order valence-corrected chi connectivity index (χ1v) is 8.13. The summed E-state index contributed by atoms with van der Waals surface area (Å²) >= 11 is 0. The normalized spacial score (nSPS) is 11.4. The second kappa shape index (κ2) is 5.66. The van der Waals surface area contributed by atoms with E-state index < -0.39 is 0 Å². The van der Waals surface area contributed by atoms with Crippen LogP contribution in [0.2, 0.25) is 0 Å². The molecule has 128 valence electrons. The molecule has 26 heavy (non-hydrogen) atoms. The quantitative estimate of drug-likeness (QED) is 0.494. The summed E-state index contributed by atoms with van der Waals surface area (Å²) < 4.78 is 5.62. The molecule has 0 saturated carbocycles. The number of rotatable bonds is 4. The highest BCUT2D eigenvalue weighted by Gasteiger charge is 2.18. The zero-order valence-corrected chi connectivity index (χ0v) is 14.0. The van der Waals surface area contributed by atoms with Crippen molar-refractivity contribution in [1.29, 1.82) is 0 Å². The molecule has 5 aromatic heterocycles. The maximum Gasteiger partial charge on any atom is 0.175 e. The zero-order valence-electron chi connectivity index (χ0n) is 14.0. The maximum absolute atomic E-state index is 4.76. The lowest BCUT2D eigenvalue weighted by Crippen LogP contribution is -2.05. The summed E-state index contributed by atoms with van der Waals surface area (Å²) in [4.78, 5) is 6.32. The first-order valence-electron chi connectivity index (χ1n) is 8.13. The fourth-order valence-corrected chi connectivity index (χ4v) is 2.99. The van der Waals surface area contributed by atoms with Gasteiger partial charge in [-0.05, 0) is 18.2 Å². The lowest BCUT2D eigenvalue weighted by molar-refractivity contribution is 0.569. The van der Waals surface area contributed by atoms with Gasteiger partial charge in [-0.3, -0.25) is 4.68 Å². The van der Waals surface area contributed by atoms with Crippen LogP contribution in [-0.2, 0) is 13.6 Å². The summed E-state index contributed by atoms with van der Waals surface area (Å²) in [5.74, 6) is 1.39. The van der Waals surface area contributed by atoms with Gasteiger partial charge in [-0.2, -0.15) is 20.1 Å². The maximum atomic E-state index is 4.76. The van der Waals surface area contributed by atoms with Gasteiger partial charge in [-0.1, -0.05) is 6.07 Å². The topological polar surface area (TPSA) is 83.6 Å². The fraction of sp³-hybridized carbons (Fsp3) is 0.118. The minimum Gasteiger partial charge on any atom is -0.323 e. The van der Waals surface area contributed by atoms with Crippen LogP contribution in [0.5, 0.6) is 0 Å². The Kier molecular flexibility index (Phi) is 3.17. The molecule has 0 saturated heterocycles. The lowest BCUT2D eigenvalue weighted by Gasteiger charge is -2.02. The molecule has 5 aromatic rings. The van der Waals surface area contributed by atoms with Crippen LogP contribution in [0.4, 0.5) is 0 Å². The van der Waals surface area contributed by atoms with Crippen LogP contribution in [-0.4, -0.2) is 43.9 Å². The number of aromatic nitrogens is 9. The average Bonchev–Trinajstić information content (AvgIpc) is 3.41. The van der Waals surface area contributed by atoms with E-state index in [1.54, 1.807) is 28.1 Å². The molecule has 0 unspecified atom stereocenters. The van der Waals surface area contributed by atoms with Crippen LogP contribution in [0.1, 0.15) is 5.82 Å². The summed E-state index contributed by atoms with van der Waals surface area (Å²) in [5, 5.41) is 17.2. The van der Waals surface area contributed by atoms with E-state index in [-0.39, 0.29) is 0 Å². The fourth-order valence-electron chi connectivity index (χ4n) is 2.99. The third kappa shape index (κ3) is 2.37. The number of fused-ring (bicyclic) bond motifs is 1. The first kappa shape index (κ1) is 14.6. The zero-order chi connectivity index (χ0) is 17.5. The minimum atomic E-state index is 0.402. The van der Waals surface area contributed by atoms with E-state index in [1.165, 1.54) is 0 Å². The number of aryl methyl sites for hydroxylation is 1. The second-order valence-corrected chi connectivity index (χ2v) is 5.92. The van der Waals surface area contributed by atoms with Gasteiger partial charge < -0.3 is 4.40 Å². The van der Waals surface area contributed by atoms with E-state index in [1.807, 2.05) is 48.5 Å². The molecule has 0 fully saturated rings. The largest absolute Gasteiger partial charge is 0.323 e. The van der Waals surface area contributed by atoms with Crippen LogP contribution in [0.3, 0.4) is 0 Å². The Morgan fingerprint density at radius 2 is 1.88 bits per heavy atom. The summed E-state index contributed by atoms with van der Waals surface area (Å²) in [6, 6.07) is 8.12. The number of hydrogen-bond donors (Lipinski definition) is 0. The number of hydrogen-bond acceptors (Lipinski definition) is 5. The summed E-state index contributed by atoms with van der Waals surface area (Å²) in [7, 11) is 1.88. The smallest absolute Gasteiger partial charge is 0.175 e. The molecule has 0 radical (unpaired) electrons. The Bertz CT molecular complexity index is 1180. The van der Waals surface area contributed by atoms with Crippen molar-refractivity contribution in [2.45, 2.75) is 6.54 Å². The second-order valence-electron chi connectivity index (χ2n) is 5.92. The van der Waals surface area contributed by atoms with Gasteiger partial charge >= 0.3 is 0 Å². The third-order valence-corrected chi connectivity index (χ3v) is 4.14. The van der Waals surface area contributed by atoms with Gasteiger partial charge in [0.05, 0.1) is 30.3 Å². The highest BCUT2D eigenvalue weighted by atomic mass is 15.5. The van der Waals surface area contributed by atoms with E-state index in [0.29, 0.717) is 12.4 Å². The van der Waals surface area contributed by atoms with E-state index in [2.05, 4.69) is 30.9 Å². The van der Waals surface area contributed by atoms with Gasteiger partial charge in [-0.25, -0.2) is 9.67 Å². The molecule has 0 aliphatic heterocycles. The van der Waals surface area contributed by atoms with Crippen LogP contribution in [0, 0.1) is 0 Å². The van der Waals surface area contributed by atoms with E-state index in [9.17, 15) is 0 Å². The Hall–Kier alpha value is -3.75. The molecule has 0 N–H and O–H groups in total. The van der Waals surface area contributed by atoms with Gasteiger partial charge in [0.15, 0.2) is 11.6 Å². The summed E-state index contributed by atoms with van der Waals surface area (Å²) in [6.45, 7) is 0.402. The van der Waals surface area contributed by atoms with E-state index >= 15 is 0 Å². The van der Waals surface area contributed by atoms with Gasteiger partial charge in [0.2, 0.25) is 0 Å². The molecule has 0 aliphatic carbocycles. The molecule has 0 atom stereocenters. The Morgan fingerprint density at radius 3 is 2.69 bits per heavy atom. The van der Waals surface area contributed by atoms with Crippen molar-refractivity contribution in [1.82, 2.24) is 43.9 Å². The molecular weight excluding hydrogens is 330 g/mol. The summed E-state index contributed by atoms with van der Waals surface area (Å²) in [6.07, 6.45) is 11.0. The molecule has 9 nitrogen and oxygen atoms in total. The van der Waals surface area contributed by atoms with Crippen molar-refractivity contribution in [2.75, 3.05) is 0 Å². The molecule has 0 aromatic carbocycles. The van der Waals surface area contributed by atoms with Crippen LogP contribution in [0.15, 0.2) is 61.4 Å². The average molecular weight is 345 g/mol. The molecule has 0 spiro atoms. The predicted octanol–water partition coefficient (Wildman–Crippen LogP) is 1.56. The van der Waals surface area contributed by atoms with Crippen molar-refractivity contribution in [3.63, 3.8) is 0 Å². The van der Waals surface area contributed by atoms with E-state index in [0.717, 1.165) is 22.6 Å². The molecule has 5 heterocycles. The molecule has 0 aliphatic rings. The molecule has 9 heteroatoms. The van der Waals surface area contributed by atoms with Crippen molar-refractivity contribution >= 4 is 5.52 Å². The predicted molar refractivity (Wildman–Crippen MR) is 93.6 cm³/mol. The Balaban J connectivity index is 1.68. The van der Waals surface area contributed by atoms with Crippen LogP contribution in [0.25, 0.3) is 22.6 Å². The Morgan fingerprint density at radius 1 is 1.00 bits per heavy atom. The van der Waals surface area contributed by atoms with Gasteiger partial charge in [0, 0.05) is 25.0 Å². The standard InChI is InChI=1S/C17H15N9/c1-23-11-13(10-20-23)26-17(14-5-9-24-8-3-2-4-15(14)24)21-16(22-26)12-25-18-6-7-19-25/h2-11H,12H2,1H3. The van der Waals surface area contributed by atoms with Gasteiger partial charge in [0.1, 0.15) is 12.2 Å². The highest BCUT2D eigenvalue weighted by Crippen LogP contribution is 2.26. The minimum absolute atomic E-state index is 0.402. The Labute approximate surface area is 148 Å². The molecule has 0 bridgehead atoms. The van der Waals surface area contributed by atoms with Crippen molar-refractivity contribution in [3.8, 4) is 17.1 Å². The SMILES string of the molecule is Cn1cc(-n2nc(Cn3nccn3)nc2-c2ccn3ccccc23)cn1.